The lowest BCUT2D eigenvalue weighted by atomic mass is 10.00. The molecular weight excluding hydrogens is 450 g/mol. The Morgan fingerprint density at radius 2 is 1.85 bits per heavy atom. The summed E-state index contributed by atoms with van der Waals surface area (Å²) in [6.07, 6.45) is 0. The van der Waals surface area contributed by atoms with Gasteiger partial charge in [0.25, 0.3) is 5.91 Å². The SMILES string of the molecule is CC(C)c1ccc(O)c(-c2n[nH]c(=S)n2C(=O)c2ccc(OCCN3CCN(C)CC3)cc2)c1. The van der Waals surface area contributed by atoms with Crippen molar-refractivity contribution in [1.29, 1.82) is 0 Å². The molecule has 1 aromatic heterocycles. The highest BCUT2D eigenvalue weighted by atomic mass is 32.1. The van der Waals surface area contributed by atoms with Gasteiger partial charge in [0.1, 0.15) is 18.1 Å². The highest BCUT2D eigenvalue weighted by molar-refractivity contribution is 7.71. The lowest BCUT2D eigenvalue weighted by molar-refractivity contribution is 0.0960. The highest BCUT2D eigenvalue weighted by Gasteiger charge is 2.20. The number of hydrogen-bond acceptors (Lipinski definition) is 7. The van der Waals surface area contributed by atoms with Crippen LogP contribution in [0.3, 0.4) is 0 Å². The van der Waals surface area contributed by atoms with E-state index in [9.17, 15) is 9.90 Å². The maximum Gasteiger partial charge on any atom is 0.265 e. The molecule has 180 valence electrons. The standard InChI is InChI=1S/C25H31N5O3S/c1-17(2)19-6-9-22(31)21(16-19)23-26-27-25(34)30(23)24(32)18-4-7-20(8-5-18)33-15-14-29-12-10-28(3)11-13-29/h4-9,16-17,31H,10-15H2,1-3H3,(H,27,34). The number of hydrogen-bond donors (Lipinski definition) is 2. The summed E-state index contributed by atoms with van der Waals surface area (Å²) >= 11 is 5.34. The van der Waals surface area contributed by atoms with E-state index >= 15 is 0 Å². The van der Waals surface area contributed by atoms with Crippen LogP contribution < -0.4 is 4.74 Å². The van der Waals surface area contributed by atoms with Crippen LogP contribution in [0.2, 0.25) is 0 Å². The normalized spacial score (nSPS) is 15.1. The van der Waals surface area contributed by atoms with Gasteiger partial charge in [-0.1, -0.05) is 19.9 Å². The minimum atomic E-state index is -0.327. The molecule has 1 aliphatic heterocycles. The van der Waals surface area contributed by atoms with E-state index in [0.717, 1.165) is 38.3 Å². The van der Waals surface area contributed by atoms with Gasteiger partial charge in [-0.05, 0) is 67.1 Å². The Labute approximate surface area is 204 Å². The van der Waals surface area contributed by atoms with E-state index in [4.69, 9.17) is 17.0 Å². The molecule has 3 aromatic rings. The minimum absolute atomic E-state index is 0.0385. The molecule has 0 radical (unpaired) electrons. The zero-order valence-electron chi connectivity index (χ0n) is 19.8. The summed E-state index contributed by atoms with van der Waals surface area (Å²) < 4.78 is 7.37. The van der Waals surface area contributed by atoms with Crippen LogP contribution in [0.1, 0.15) is 35.7 Å². The molecule has 34 heavy (non-hydrogen) atoms. The largest absolute Gasteiger partial charge is 0.507 e. The molecular formula is C25H31N5O3S. The number of rotatable bonds is 7. The molecule has 0 unspecified atom stereocenters. The Balaban J connectivity index is 1.47. The van der Waals surface area contributed by atoms with Gasteiger partial charge in [0.05, 0.1) is 5.56 Å². The van der Waals surface area contributed by atoms with Gasteiger partial charge < -0.3 is 14.7 Å². The maximum absolute atomic E-state index is 13.3. The van der Waals surface area contributed by atoms with Crippen molar-refractivity contribution < 1.29 is 14.6 Å². The van der Waals surface area contributed by atoms with Crippen LogP contribution >= 0.6 is 12.2 Å². The summed E-state index contributed by atoms with van der Waals surface area (Å²) in [6.45, 7) is 9.86. The Hall–Kier alpha value is -3.01. The second kappa shape index (κ2) is 10.5. The van der Waals surface area contributed by atoms with Gasteiger partial charge in [-0.15, -0.1) is 0 Å². The number of piperazine rings is 1. The number of carbonyl (C=O) groups excluding carboxylic acids is 1. The molecule has 0 aliphatic carbocycles. The molecule has 2 N–H and O–H groups in total. The number of likely N-dealkylation sites (N-methyl/N-ethyl adjacent to an activating group) is 1. The Kier molecular flexibility index (Phi) is 7.45. The number of H-pyrrole nitrogens is 1. The summed E-state index contributed by atoms with van der Waals surface area (Å²) in [5.74, 6) is 0.962. The Morgan fingerprint density at radius 1 is 1.15 bits per heavy atom. The van der Waals surface area contributed by atoms with Crippen molar-refractivity contribution in [2.75, 3.05) is 46.4 Å². The van der Waals surface area contributed by atoms with Crippen LogP contribution in [0, 0.1) is 4.77 Å². The van der Waals surface area contributed by atoms with Crippen molar-refractivity contribution >= 4 is 18.1 Å². The number of phenols is 1. The first-order chi connectivity index (χ1) is 16.3. The van der Waals surface area contributed by atoms with Gasteiger partial charge in [0, 0.05) is 38.3 Å². The van der Waals surface area contributed by atoms with Crippen LogP contribution in [0.5, 0.6) is 11.5 Å². The number of carbonyl (C=O) groups is 1. The van der Waals surface area contributed by atoms with Gasteiger partial charge in [-0.3, -0.25) is 14.8 Å². The minimum Gasteiger partial charge on any atom is -0.507 e. The average molecular weight is 482 g/mol. The highest BCUT2D eigenvalue weighted by Crippen LogP contribution is 2.31. The van der Waals surface area contributed by atoms with E-state index in [1.165, 1.54) is 4.57 Å². The monoisotopic (exact) mass is 481 g/mol. The van der Waals surface area contributed by atoms with Gasteiger partial charge in [-0.2, -0.15) is 5.10 Å². The number of nitrogens with zero attached hydrogens (tertiary/aromatic N) is 4. The second-order valence-corrected chi connectivity index (χ2v) is 9.33. The molecule has 8 nitrogen and oxygen atoms in total. The summed E-state index contributed by atoms with van der Waals surface area (Å²) in [4.78, 5) is 18.0. The molecule has 0 bridgehead atoms. The summed E-state index contributed by atoms with van der Waals surface area (Å²) in [7, 11) is 2.14. The molecule has 2 aromatic carbocycles. The number of phenolic OH excluding ortho intramolecular Hbond substituents is 1. The first-order valence-corrected chi connectivity index (χ1v) is 11.9. The summed E-state index contributed by atoms with van der Waals surface area (Å²) in [5, 5.41) is 17.4. The number of aromatic amines is 1. The van der Waals surface area contributed by atoms with Gasteiger partial charge in [0.15, 0.2) is 5.82 Å². The average Bonchev–Trinajstić information content (AvgIpc) is 3.21. The molecule has 4 rings (SSSR count). The third kappa shape index (κ3) is 5.38. The third-order valence-corrected chi connectivity index (χ3v) is 6.45. The Morgan fingerprint density at radius 3 is 2.53 bits per heavy atom. The predicted molar refractivity (Wildman–Crippen MR) is 134 cm³/mol. The molecule has 1 fully saturated rings. The van der Waals surface area contributed by atoms with Gasteiger partial charge in [0.2, 0.25) is 4.77 Å². The quantitative estimate of drug-likeness (QED) is 0.497. The fraction of sp³-hybridized carbons (Fsp3) is 0.400. The van der Waals surface area contributed by atoms with Crippen LogP contribution in [0.25, 0.3) is 11.4 Å². The van der Waals surface area contributed by atoms with E-state index in [0.29, 0.717) is 23.5 Å². The zero-order chi connectivity index (χ0) is 24.2. The van der Waals surface area contributed by atoms with Crippen LogP contribution in [-0.2, 0) is 0 Å². The van der Waals surface area contributed by atoms with Crippen LogP contribution in [0.15, 0.2) is 42.5 Å². The van der Waals surface area contributed by atoms with Crippen LogP contribution in [-0.4, -0.2) is 82.0 Å². The van der Waals surface area contributed by atoms with Crippen LogP contribution in [0.4, 0.5) is 0 Å². The van der Waals surface area contributed by atoms with Crippen molar-refractivity contribution in [3.05, 3.63) is 58.4 Å². The van der Waals surface area contributed by atoms with E-state index in [-0.39, 0.29) is 28.2 Å². The molecule has 0 atom stereocenters. The first-order valence-electron chi connectivity index (χ1n) is 11.5. The molecule has 1 aliphatic rings. The first kappa shape index (κ1) is 24.1. The fourth-order valence-electron chi connectivity index (χ4n) is 3.94. The molecule has 0 saturated carbocycles. The zero-order valence-corrected chi connectivity index (χ0v) is 20.6. The molecule has 9 heteroatoms. The number of aromatic hydroxyl groups is 1. The summed E-state index contributed by atoms with van der Waals surface area (Å²) in [5.41, 5.74) is 1.93. The topological polar surface area (TPSA) is 86.6 Å². The van der Waals surface area contributed by atoms with Crippen molar-refractivity contribution in [3.8, 4) is 22.9 Å². The molecule has 1 saturated heterocycles. The smallest absolute Gasteiger partial charge is 0.265 e. The van der Waals surface area contributed by atoms with E-state index < -0.39 is 0 Å². The summed E-state index contributed by atoms with van der Waals surface area (Å²) in [6, 6.07) is 12.3. The number of nitrogens with one attached hydrogen (secondary N) is 1. The van der Waals surface area contributed by atoms with Crippen molar-refractivity contribution in [2.24, 2.45) is 0 Å². The van der Waals surface area contributed by atoms with Crippen molar-refractivity contribution in [3.63, 3.8) is 0 Å². The lowest BCUT2D eigenvalue weighted by Gasteiger charge is -2.32. The molecule has 0 spiro atoms. The maximum atomic E-state index is 13.3. The fourth-order valence-corrected chi connectivity index (χ4v) is 4.16. The molecule has 0 amide bonds. The number of aromatic nitrogens is 3. The third-order valence-electron chi connectivity index (χ3n) is 6.18. The van der Waals surface area contributed by atoms with Gasteiger partial charge in [-0.25, -0.2) is 4.57 Å². The van der Waals surface area contributed by atoms with Gasteiger partial charge >= 0.3 is 0 Å². The number of ether oxygens (including phenoxy) is 1. The van der Waals surface area contributed by atoms with E-state index in [2.05, 4.69) is 40.9 Å². The van der Waals surface area contributed by atoms with E-state index in [1.807, 2.05) is 12.1 Å². The van der Waals surface area contributed by atoms with Crippen molar-refractivity contribution in [2.45, 2.75) is 19.8 Å². The van der Waals surface area contributed by atoms with Crippen molar-refractivity contribution in [1.82, 2.24) is 24.6 Å². The molecule has 2 heterocycles. The predicted octanol–water partition coefficient (Wildman–Crippen LogP) is 3.75. The Bertz CT molecular complexity index is 1190. The van der Waals surface area contributed by atoms with E-state index in [1.54, 1.807) is 30.3 Å². The second-order valence-electron chi connectivity index (χ2n) is 8.94. The number of benzene rings is 2. The lowest BCUT2D eigenvalue weighted by Crippen LogP contribution is -2.45.